The summed E-state index contributed by atoms with van der Waals surface area (Å²) in [5, 5.41) is 13.4. The second-order valence-electron chi connectivity index (χ2n) is 5.94. The number of nitrogens with one attached hydrogen (secondary N) is 1. The largest absolute Gasteiger partial charge is 0.454 e. The van der Waals surface area contributed by atoms with Crippen molar-refractivity contribution < 1.29 is 13.9 Å². The van der Waals surface area contributed by atoms with Crippen LogP contribution in [-0.2, 0) is 6.54 Å². The summed E-state index contributed by atoms with van der Waals surface area (Å²) in [5.41, 5.74) is 1.56. The molecule has 1 aliphatic rings. The van der Waals surface area contributed by atoms with Crippen molar-refractivity contribution in [1.29, 1.82) is 0 Å². The van der Waals surface area contributed by atoms with Gasteiger partial charge >= 0.3 is 5.63 Å². The molecular weight excluding hydrogens is 366 g/mol. The molecule has 1 N–H and O–H groups in total. The van der Waals surface area contributed by atoms with Crippen molar-refractivity contribution in [3.8, 4) is 22.1 Å². The first-order chi connectivity index (χ1) is 13.3. The number of aromatic nitrogens is 2. The number of hydrogen-bond donors (Lipinski definition) is 1. The number of rotatable bonds is 4. The van der Waals surface area contributed by atoms with Gasteiger partial charge in [0, 0.05) is 11.9 Å². The van der Waals surface area contributed by atoms with E-state index in [1.165, 1.54) is 11.3 Å². The minimum atomic E-state index is -0.424. The Morgan fingerprint density at radius 2 is 1.93 bits per heavy atom. The van der Waals surface area contributed by atoms with Gasteiger partial charge in [-0.1, -0.05) is 35.6 Å². The zero-order valence-corrected chi connectivity index (χ0v) is 14.8. The van der Waals surface area contributed by atoms with Gasteiger partial charge in [-0.3, -0.25) is 0 Å². The third-order valence-corrected chi connectivity index (χ3v) is 5.09. The molecule has 27 heavy (non-hydrogen) atoms. The van der Waals surface area contributed by atoms with E-state index in [9.17, 15) is 4.79 Å². The van der Waals surface area contributed by atoms with Crippen LogP contribution in [0.4, 0.5) is 5.13 Å². The average molecular weight is 379 g/mol. The molecule has 2 aromatic heterocycles. The Bertz CT molecular complexity index is 1200. The Labute approximate surface area is 157 Å². The lowest BCUT2D eigenvalue weighted by Gasteiger charge is -2.03. The maximum Gasteiger partial charge on any atom is 0.346 e. The molecule has 0 atom stereocenters. The van der Waals surface area contributed by atoms with Crippen molar-refractivity contribution in [2.24, 2.45) is 0 Å². The molecule has 0 saturated carbocycles. The van der Waals surface area contributed by atoms with Crippen LogP contribution in [0.3, 0.4) is 0 Å². The first kappa shape index (κ1) is 15.8. The lowest BCUT2D eigenvalue weighted by Crippen LogP contribution is -2.02. The van der Waals surface area contributed by atoms with Crippen molar-refractivity contribution in [3.05, 3.63) is 64.5 Å². The standard InChI is InChI=1S/C19H13N3O4S/c23-18-13(8-12-3-1-2-4-14(12)26-18)17-21-22-19(27-17)20-9-11-5-6-15-16(7-11)25-10-24-15/h1-8H,9-10H2,(H,20,22). The van der Waals surface area contributed by atoms with Gasteiger partial charge in [-0.05, 0) is 29.8 Å². The fourth-order valence-corrected chi connectivity index (χ4v) is 3.59. The molecule has 134 valence electrons. The molecule has 4 aromatic rings. The molecule has 0 spiro atoms. The molecule has 5 rings (SSSR count). The molecule has 2 aromatic carbocycles. The van der Waals surface area contributed by atoms with E-state index in [4.69, 9.17) is 13.9 Å². The SMILES string of the molecule is O=c1oc2ccccc2cc1-c1nnc(NCc2ccc3c(c2)OCO3)s1. The summed E-state index contributed by atoms with van der Waals surface area (Å²) >= 11 is 1.30. The average Bonchev–Trinajstić information content (AvgIpc) is 3.34. The maximum absolute atomic E-state index is 12.3. The summed E-state index contributed by atoms with van der Waals surface area (Å²) in [6.45, 7) is 0.803. The van der Waals surface area contributed by atoms with Crippen molar-refractivity contribution in [2.45, 2.75) is 6.54 Å². The van der Waals surface area contributed by atoms with Crippen LogP contribution >= 0.6 is 11.3 Å². The molecular formula is C19H13N3O4S. The topological polar surface area (TPSA) is 86.5 Å². The van der Waals surface area contributed by atoms with Crippen molar-refractivity contribution in [2.75, 3.05) is 12.1 Å². The van der Waals surface area contributed by atoms with E-state index in [1.807, 2.05) is 36.4 Å². The predicted molar refractivity (Wildman–Crippen MR) is 101 cm³/mol. The molecule has 0 fully saturated rings. The van der Waals surface area contributed by atoms with Crippen molar-refractivity contribution in [1.82, 2.24) is 10.2 Å². The highest BCUT2D eigenvalue weighted by molar-refractivity contribution is 7.18. The molecule has 7 nitrogen and oxygen atoms in total. The van der Waals surface area contributed by atoms with Crippen LogP contribution in [0.1, 0.15) is 5.56 Å². The Balaban J connectivity index is 1.37. The second-order valence-corrected chi connectivity index (χ2v) is 6.92. The smallest absolute Gasteiger partial charge is 0.346 e. The highest BCUT2D eigenvalue weighted by Gasteiger charge is 2.15. The van der Waals surface area contributed by atoms with Gasteiger partial charge in [0.15, 0.2) is 16.5 Å². The number of benzene rings is 2. The van der Waals surface area contributed by atoms with Crippen LogP contribution in [0.2, 0.25) is 0 Å². The number of ether oxygens (including phenoxy) is 2. The number of fused-ring (bicyclic) bond motifs is 2. The molecule has 8 heteroatoms. The first-order valence-corrected chi connectivity index (χ1v) is 9.07. The van der Waals surface area contributed by atoms with Crippen molar-refractivity contribution in [3.63, 3.8) is 0 Å². The highest BCUT2D eigenvalue weighted by atomic mass is 32.1. The van der Waals surface area contributed by atoms with Crippen LogP contribution < -0.4 is 20.4 Å². The van der Waals surface area contributed by atoms with Crippen molar-refractivity contribution >= 4 is 27.4 Å². The molecule has 0 radical (unpaired) electrons. The summed E-state index contributed by atoms with van der Waals surface area (Å²) in [6.07, 6.45) is 0. The van der Waals surface area contributed by atoms with Gasteiger partial charge in [0.2, 0.25) is 11.9 Å². The Hall–Kier alpha value is -3.39. The molecule has 0 unspecified atom stereocenters. The minimum absolute atomic E-state index is 0.250. The number of hydrogen-bond acceptors (Lipinski definition) is 8. The first-order valence-electron chi connectivity index (χ1n) is 8.25. The third kappa shape index (κ3) is 3.00. The van der Waals surface area contributed by atoms with E-state index >= 15 is 0 Å². The van der Waals surface area contributed by atoms with Crippen LogP contribution in [-0.4, -0.2) is 17.0 Å². The van der Waals surface area contributed by atoms with Gasteiger partial charge in [0.05, 0.1) is 5.56 Å². The third-order valence-electron chi connectivity index (χ3n) is 4.18. The van der Waals surface area contributed by atoms with E-state index < -0.39 is 5.63 Å². The van der Waals surface area contributed by atoms with Crippen LogP contribution in [0.5, 0.6) is 11.5 Å². The minimum Gasteiger partial charge on any atom is -0.454 e. The van der Waals surface area contributed by atoms with Crippen LogP contribution in [0.15, 0.2) is 57.7 Å². The molecule has 0 saturated heterocycles. The zero-order valence-electron chi connectivity index (χ0n) is 14.0. The molecule has 0 bridgehead atoms. The summed E-state index contributed by atoms with van der Waals surface area (Å²) in [5.74, 6) is 1.49. The Morgan fingerprint density at radius 3 is 2.89 bits per heavy atom. The van der Waals surface area contributed by atoms with E-state index in [2.05, 4.69) is 15.5 Å². The second kappa shape index (κ2) is 6.40. The van der Waals surface area contributed by atoms with Gasteiger partial charge in [0.25, 0.3) is 0 Å². The van der Waals surface area contributed by atoms with E-state index in [0.29, 0.717) is 27.8 Å². The summed E-state index contributed by atoms with van der Waals surface area (Å²) < 4.78 is 16.1. The van der Waals surface area contributed by atoms with Gasteiger partial charge in [0.1, 0.15) is 5.58 Å². The van der Waals surface area contributed by atoms with Gasteiger partial charge in [-0.25, -0.2) is 4.79 Å². The molecule has 0 amide bonds. The van der Waals surface area contributed by atoms with Gasteiger partial charge in [-0.2, -0.15) is 0 Å². The van der Waals surface area contributed by atoms with E-state index in [-0.39, 0.29) is 6.79 Å². The number of para-hydroxylation sites is 1. The van der Waals surface area contributed by atoms with Crippen LogP contribution in [0, 0.1) is 0 Å². The summed E-state index contributed by atoms with van der Waals surface area (Å²) in [7, 11) is 0. The summed E-state index contributed by atoms with van der Waals surface area (Å²) in [6, 6.07) is 14.9. The zero-order chi connectivity index (χ0) is 18.2. The molecule has 0 aliphatic carbocycles. The Morgan fingerprint density at radius 1 is 1.04 bits per heavy atom. The molecule has 3 heterocycles. The quantitative estimate of drug-likeness (QED) is 0.542. The summed E-state index contributed by atoms with van der Waals surface area (Å²) in [4.78, 5) is 12.3. The van der Waals surface area contributed by atoms with Gasteiger partial charge < -0.3 is 19.2 Å². The predicted octanol–water partition coefficient (Wildman–Crippen LogP) is 3.65. The Kier molecular flexibility index (Phi) is 3.75. The number of anilines is 1. The lowest BCUT2D eigenvalue weighted by molar-refractivity contribution is 0.174. The van der Waals surface area contributed by atoms with Gasteiger partial charge in [-0.15, -0.1) is 10.2 Å². The normalized spacial score (nSPS) is 12.4. The van der Waals surface area contributed by atoms with Crippen LogP contribution in [0.25, 0.3) is 21.5 Å². The lowest BCUT2D eigenvalue weighted by atomic mass is 10.2. The number of nitrogens with zero attached hydrogens (tertiary/aromatic N) is 2. The monoisotopic (exact) mass is 379 g/mol. The fraction of sp³-hybridized carbons (Fsp3) is 0.105. The van der Waals surface area contributed by atoms with E-state index in [1.54, 1.807) is 12.1 Å². The van der Waals surface area contributed by atoms with E-state index in [0.717, 1.165) is 22.4 Å². The molecule has 1 aliphatic heterocycles. The fourth-order valence-electron chi connectivity index (χ4n) is 2.84. The maximum atomic E-state index is 12.3. The highest BCUT2D eigenvalue weighted by Crippen LogP contribution is 2.33.